The van der Waals surface area contributed by atoms with E-state index in [9.17, 15) is 0 Å². The second-order valence-electron chi connectivity index (χ2n) is 5.53. The van der Waals surface area contributed by atoms with Crippen molar-refractivity contribution in [3.05, 3.63) is 28.2 Å². The number of hydrogen-bond donors (Lipinski definition) is 3. The molecule has 0 aromatic carbocycles. The number of nitrogens with two attached hydrogens (primary N) is 1. The van der Waals surface area contributed by atoms with Crippen molar-refractivity contribution in [3.63, 3.8) is 0 Å². The van der Waals surface area contributed by atoms with Crippen LogP contribution >= 0.6 is 11.3 Å². The van der Waals surface area contributed by atoms with Gasteiger partial charge in [0.1, 0.15) is 5.52 Å². The molecule has 1 atom stereocenters. The molecule has 0 saturated carbocycles. The lowest BCUT2D eigenvalue weighted by Crippen LogP contribution is -2.27. The molecule has 1 unspecified atom stereocenters. The third-order valence-electron chi connectivity index (χ3n) is 3.45. The van der Waals surface area contributed by atoms with Crippen LogP contribution in [0.1, 0.15) is 36.4 Å². The highest BCUT2D eigenvalue weighted by atomic mass is 32.1. The van der Waals surface area contributed by atoms with Gasteiger partial charge in [-0.15, -0.1) is 11.3 Å². The van der Waals surface area contributed by atoms with Gasteiger partial charge in [-0.2, -0.15) is 0 Å². The number of rotatable bonds is 5. The monoisotopic (exact) mass is 317 g/mol. The van der Waals surface area contributed by atoms with Crippen LogP contribution in [0.15, 0.2) is 11.7 Å². The largest absolute Gasteiger partial charge is 0.382 e. The summed E-state index contributed by atoms with van der Waals surface area (Å²) in [6, 6.07) is -0.00888. The number of nitrogens with one attached hydrogen (secondary N) is 2. The lowest BCUT2D eigenvalue weighted by molar-refractivity contribution is 0.392. The molecule has 0 bridgehead atoms. The number of nitrogens with zero attached hydrogens (tertiary/aromatic N) is 4. The number of thiazole rings is 1. The third kappa shape index (κ3) is 2.93. The van der Waals surface area contributed by atoms with Crippen molar-refractivity contribution in [2.45, 2.75) is 33.4 Å². The van der Waals surface area contributed by atoms with Crippen LogP contribution in [-0.2, 0) is 6.54 Å². The molecule has 0 radical (unpaired) electrons. The van der Waals surface area contributed by atoms with Gasteiger partial charge in [0.2, 0.25) is 0 Å². The molecule has 0 saturated heterocycles. The van der Waals surface area contributed by atoms with Crippen molar-refractivity contribution in [2.24, 2.45) is 5.92 Å². The molecular formula is C14H19N7S. The zero-order chi connectivity index (χ0) is 15.7. The molecule has 22 heavy (non-hydrogen) atoms. The van der Waals surface area contributed by atoms with E-state index in [0.717, 1.165) is 10.7 Å². The number of hydrogen-bond acceptors (Lipinski definition) is 7. The van der Waals surface area contributed by atoms with E-state index in [1.54, 1.807) is 17.7 Å². The van der Waals surface area contributed by atoms with Crippen LogP contribution in [0.3, 0.4) is 0 Å². The maximum Gasteiger partial charge on any atom is 0.183 e. The van der Waals surface area contributed by atoms with Gasteiger partial charge in [0.25, 0.3) is 0 Å². The zero-order valence-electron chi connectivity index (χ0n) is 12.8. The SMILES string of the molecule is Cc1nc(CNC(c2nc(N)c3[nH]cnc3n2)C(C)C)cs1. The second kappa shape index (κ2) is 5.98. The normalized spacial score (nSPS) is 13.1. The minimum absolute atomic E-state index is 0.00888. The molecule has 0 spiro atoms. The van der Waals surface area contributed by atoms with Crippen molar-refractivity contribution < 1.29 is 0 Å². The van der Waals surface area contributed by atoms with E-state index in [-0.39, 0.29) is 6.04 Å². The van der Waals surface area contributed by atoms with Crippen molar-refractivity contribution in [2.75, 3.05) is 5.73 Å². The van der Waals surface area contributed by atoms with Crippen LogP contribution < -0.4 is 11.1 Å². The minimum Gasteiger partial charge on any atom is -0.382 e. The summed E-state index contributed by atoms with van der Waals surface area (Å²) in [6.07, 6.45) is 1.58. The highest BCUT2D eigenvalue weighted by Gasteiger charge is 2.21. The minimum atomic E-state index is -0.00888. The molecule has 0 amide bonds. The van der Waals surface area contributed by atoms with Gasteiger partial charge in [-0.25, -0.2) is 19.9 Å². The van der Waals surface area contributed by atoms with Gasteiger partial charge in [0.15, 0.2) is 17.3 Å². The Bertz CT molecular complexity index is 776. The Labute approximate surface area is 132 Å². The van der Waals surface area contributed by atoms with Gasteiger partial charge in [0, 0.05) is 11.9 Å². The summed E-state index contributed by atoms with van der Waals surface area (Å²) in [4.78, 5) is 20.5. The molecule has 3 heterocycles. The Morgan fingerprint density at radius 3 is 2.82 bits per heavy atom. The van der Waals surface area contributed by atoms with Crippen LogP contribution in [0.5, 0.6) is 0 Å². The van der Waals surface area contributed by atoms with Gasteiger partial charge in [0.05, 0.1) is 23.1 Å². The summed E-state index contributed by atoms with van der Waals surface area (Å²) in [6.45, 7) is 6.93. The molecule has 8 heteroatoms. The Morgan fingerprint density at radius 2 is 2.14 bits per heavy atom. The fourth-order valence-electron chi connectivity index (χ4n) is 2.34. The first-order valence-electron chi connectivity index (χ1n) is 7.15. The summed E-state index contributed by atoms with van der Waals surface area (Å²) in [5.74, 6) is 1.41. The van der Waals surface area contributed by atoms with E-state index < -0.39 is 0 Å². The average molecular weight is 317 g/mol. The van der Waals surface area contributed by atoms with Crippen molar-refractivity contribution in [1.29, 1.82) is 0 Å². The Morgan fingerprint density at radius 1 is 1.32 bits per heavy atom. The molecule has 4 N–H and O–H groups in total. The van der Waals surface area contributed by atoms with E-state index in [1.807, 2.05) is 6.92 Å². The molecule has 7 nitrogen and oxygen atoms in total. The van der Waals surface area contributed by atoms with Crippen molar-refractivity contribution in [1.82, 2.24) is 30.2 Å². The standard InChI is InChI=1S/C14H19N7S/c1-7(2)10(16-4-9-5-22-8(3)19-9)14-20-12(15)11-13(21-14)18-6-17-11/h5-7,10,16H,4H2,1-3H3,(H3,15,17,18,20,21). The third-order valence-corrected chi connectivity index (χ3v) is 4.27. The number of nitrogen functional groups attached to an aromatic ring is 1. The second-order valence-corrected chi connectivity index (χ2v) is 6.59. The number of H-pyrrole nitrogens is 1. The van der Waals surface area contributed by atoms with Crippen LogP contribution in [0, 0.1) is 12.8 Å². The summed E-state index contributed by atoms with van der Waals surface area (Å²) < 4.78 is 0. The quantitative estimate of drug-likeness (QED) is 0.666. The molecule has 0 aliphatic heterocycles. The molecule has 116 valence electrons. The van der Waals surface area contributed by atoms with Gasteiger partial charge >= 0.3 is 0 Å². The number of anilines is 1. The first-order valence-corrected chi connectivity index (χ1v) is 8.03. The lowest BCUT2D eigenvalue weighted by atomic mass is 10.0. The van der Waals surface area contributed by atoms with E-state index in [1.165, 1.54) is 0 Å². The summed E-state index contributed by atoms with van der Waals surface area (Å²) in [7, 11) is 0. The van der Waals surface area contributed by atoms with Crippen molar-refractivity contribution >= 4 is 28.3 Å². The first-order chi connectivity index (χ1) is 10.5. The highest BCUT2D eigenvalue weighted by Crippen LogP contribution is 2.23. The molecule has 0 aliphatic rings. The Balaban J connectivity index is 1.85. The zero-order valence-corrected chi connectivity index (χ0v) is 13.6. The topological polar surface area (TPSA) is 105 Å². The van der Waals surface area contributed by atoms with Gasteiger partial charge in [-0.3, -0.25) is 0 Å². The predicted octanol–water partition coefficient (Wildman–Crippen LogP) is 2.19. The Kier molecular flexibility index (Phi) is 4.04. The molecule has 3 aromatic heterocycles. The fraction of sp³-hybridized carbons (Fsp3) is 0.429. The molecular weight excluding hydrogens is 298 g/mol. The van der Waals surface area contributed by atoms with Crippen LogP contribution in [-0.4, -0.2) is 24.9 Å². The highest BCUT2D eigenvalue weighted by molar-refractivity contribution is 7.09. The molecule has 0 fully saturated rings. The summed E-state index contributed by atoms with van der Waals surface area (Å²) in [5, 5.41) is 6.60. The smallest absolute Gasteiger partial charge is 0.183 e. The first kappa shape index (κ1) is 14.9. The van der Waals surface area contributed by atoms with E-state index in [2.05, 4.69) is 49.5 Å². The molecule has 3 rings (SSSR count). The summed E-state index contributed by atoms with van der Waals surface area (Å²) >= 11 is 1.65. The maximum atomic E-state index is 5.99. The van der Waals surface area contributed by atoms with Crippen LogP contribution in [0.4, 0.5) is 5.82 Å². The fourth-order valence-corrected chi connectivity index (χ4v) is 2.95. The number of aryl methyl sites for hydroxylation is 1. The van der Waals surface area contributed by atoms with Gasteiger partial charge in [-0.1, -0.05) is 13.8 Å². The number of aromatic amines is 1. The maximum absolute atomic E-state index is 5.99. The Hall–Kier alpha value is -2.06. The van der Waals surface area contributed by atoms with E-state index in [0.29, 0.717) is 35.3 Å². The van der Waals surface area contributed by atoms with Gasteiger partial charge < -0.3 is 16.0 Å². The van der Waals surface area contributed by atoms with Gasteiger partial charge in [-0.05, 0) is 12.8 Å². The predicted molar refractivity (Wildman–Crippen MR) is 87.4 cm³/mol. The number of fused-ring (bicyclic) bond motifs is 1. The number of imidazole rings is 1. The van der Waals surface area contributed by atoms with E-state index >= 15 is 0 Å². The summed E-state index contributed by atoms with van der Waals surface area (Å²) in [5.41, 5.74) is 8.30. The van der Waals surface area contributed by atoms with E-state index in [4.69, 9.17) is 5.73 Å². The molecule has 0 aliphatic carbocycles. The lowest BCUT2D eigenvalue weighted by Gasteiger charge is -2.20. The van der Waals surface area contributed by atoms with Crippen molar-refractivity contribution in [3.8, 4) is 0 Å². The number of aromatic nitrogens is 5. The van der Waals surface area contributed by atoms with Crippen LogP contribution in [0.2, 0.25) is 0 Å². The molecule has 3 aromatic rings. The average Bonchev–Trinajstić information content (AvgIpc) is 3.08. The van der Waals surface area contributed by atoms with Crippen LogP contribution in [0.25, 0.3) is 11.2 Å².